The standard InChI is InChI=1S/C72H138N16/c1-51-73-56(79-71(24,25)49-61(2,3)4)75-58(74-51)86(53-43-65(12,13)82-66(14,15)44-53)38-35-31-32-36-40-88(55-47-69(20,21)84-70(22,23)48-55)60-77-57(80-72(26,27)50-62(5,6)7)76-59(78-60)87(54-45-67(16,17)83-68(18,19)46-54)39-34-30-29-33-37-85(28)52-41-63(8,9)81-64(10,11)42-52/h52-55,81-84H,29-50H2,1-28H3,(H,73,74,75,79)(H,76,77,78,80). The number of rotatable bonds is 27. The van der Waals surface area contributed by atoms with Gasteiger partial charge in [-0.2, -0.15) is 29.9 Å². The molecule has 2 aromatic rings. The molecular formula is C72H138N16. The first-order chi connectivity index (χ1) is 39.9. The van der Waals surface area contributed by atoms with E-state index >= 15 is 0 Å². The highest BCUT2D eigenvalue weighted by Crippen LogP contribution is 2.40. The van der Waals surface area contributed by atoms with Gasteiger partial charge in [-0.1, -0.05) is 67.2 Å². The zero-order valence-corrected chi connectivity index (χ0v) is 62.3. The number of piperidine rings is 4. The second kappa shape index (κ2) is 27.4. The van der Waals surface area contributed by atoms with Gasteiger partial charge < -0.3 is 51.5 Å². The molecule has 0 amide bonds. The molecule has 4 aliphatic rings. The number of anilines is 5. The number of aryl methyl sites for hydroxylation is 1. The molecule has 6 rings (SSSR count). The van der Waals surface area contributed by atoms with Gasteiger partial charge in [-0.05, 0) is 260 Å². The lowest BCUT2D eigenvalue weighted by Crippen LogP contribution is -2.63. The Morgan fingerprint density at radius 2 is 0.602 bits per heavy atom. The summed E-state index contributed by atoms with van der Waals surface area (Å²) in [6.45, 7) is 66.8. The van der Waals surface area contributed by atoms with Crippen molar-refractivity contribution >= 4 is 29.7 Å². The highest BCUT2D eigenvalue weighted by molar-refractivity contribution is 5.48. The lowest BCUT2D eigenvalue weighted by molar-refractivity contribution is 0.0805. The van der Waals surface area contributed by atoms with Crippen LogP contribution < -0.4 is 46.6 Å². The van der Waals surface area contributed by atoms with Crippen LogP contribution in [0.5, 0.6) is 0 Å². The SMILES string of the molecule is Cc1nc(NC(C)(C)CC(C)(C)C)nc(N(CCCCCCN(c2nc(NC(C)(C)CC(C)(C)C)nc(N(CCCCCCN(C)C3CC(C)(C)NC(C)(C)C3)C3CC(C)(C)NC(C)(C)C3)n2)C2CC(C)(C)NC(C)(C)C2)C2CC(C)(C)NC(C)(C)C2)n1. The maximum absolute atomic E-state index is 5.80. The normalized spacial score (nSPS) is 22.4. The van der Waals surface area contributed by atoms with Gasteiger partial charge in [-0.25, -0.2) is 0 Å². The van der Waals surface area contributed by atoms with E-state index in [-0.39, 0.29) is 84.3 Å². The van der Waals surface area contributed by atoms with E-state index in [0.29, 0.717) is 17.9 Å². The second-order valence-electron chi connectivity index (χ2n) is 38.0. The molecule has 0 aromatic carbocycles. The van der Waals surface area contributed by atoms with E-state index in [1.165, 1.54) is 32.1 Å². The quantitative estimate of drug-likeness (QED) is 0.0468. The van der Waals surface area contributed by atoms with Gasteiger partial charge in [0.2, 0.25) is 29.7 Å². The van der Waals surface area contributed by atoms with Gasteiger partial charge in [0, 0.05) is 99.2 Å². The maximum atomic E-state index is 5.80. The monoisotopic (exact) mass is 1230 g/mol. The van der Waals surface area contributed by atoms with E-state index < -0.39 is 0 Å². The predicted molar refractivity (Wildman–Crippen MR) is 377 cm³/mol. The van der Waals surface area contributed by atoms with Crippen LogP contribution in [0.3, 0.4) is 0 Å². The largest absolute Gasteiger partial charge is 0.349 e. The zero-order valence-electron chi connectivity index (χ0n) is 62.3. The van der Waals surface area contributed by atoms with Crippen molar-refractivity contribution in [2.45, 2.75) is 382 Å². The lowest BCUT2D eigenvalue weighted by atomic mass is 9.79. The smallest absolute Gasteiger partial charge is 0.232 e. The van der Waals surface area contributed by atoms with Crippen LogP contribution in [0, 0.1) is 17.8 Å². The molecule has 0 aliphatic carbocycles. The van der Waals surface area contributed by atoms with Gasteiger partial charge in [-0.15, -0.1) is 0 Å². The Labute approximate surface area is 540 Å². The minimum Gasteiger partial charge on any atom is -0.349 e. The summed E-state index contributed by atoms with van der Waals surface area (Å²) in [6.07, 6.45) is 19.3. The molecule has 2 aromatic heterocycles. The van der Waals surface area contributed by atoms with Crippen LogP contribution in [-0.4, -0.2) is 148 Å². The third-order valence-electron chi connectivity index (χ3n) is 18.8. The van der Waals surface area contributed by atoms with Gasteiger partial charge in [-0.3, -0.25) is 0 Å². The molecular weight excluding hydrogens is 1090 g/mol. The van der Waals surface area contributed by atoms with Crippen LogP contribution in [-0.2, 0) is 0 Å². The topological polar surface area (TPSA) is 162 Å². The molecule has 0 bridgehead atoms. The highest BCUT2D eigenvalue weighted by atomic mass is 15.4. The van der Waals surface area contributed by atoms with Crippen molar-refractivity contribution in [2.75, 3.05) is 58.6 Å². The van der Waals surface area contributed by atoms with Crippen molar-refractivity contribution in [3.8, 4) is 0 Å². The molecule has 4 aliphatic heterocycles. The average molecular weight is 1230 g/mol. The molecule has 16 heteroatoms. The number of nitrogens with zero attached hydrogens (tertiary/aromatic N) is 10. The zero-order chi connectivity index (χ0) is 66.1. The maximum Gasteiger partial charge on any atom is 0.232 e. The highest BCUT2D eigenvalue weighted by Gasteiger charge is 2.45. The van der Waals surface area contributed by atoms with Gasteiger partial charge in [0.05, 0.1) is 0 Å². The van der Waals surface area contributed by atoms with Gasteiger partial charge in [0.1, 0.15) is 5.82 Å². The molecule has 506 valence electrons. The molecule has 0 radical (unpaired) electrons. The summed E-state index contributed by atoms with van der Waals surface area (Å²) in [5.41, 5.74) is -0.231. The van der Waals surface area contributed by atoms with Crippen LogP contribution in [0.2, 0.25) is 0 Å². The first-order valence-corrected chi connectivity index (χ1v) is 35.1. The fourth-order valence-electron chi connectivity index (χ4n) is 18.1. The van der Waals surface area contributed by atoms with E-state index in [9.17, 15) is 0 Å². The Balaban J connectivity index is 1.31. The van der Waals surface area contributed by atoms with Crippen LogP contribution in [0.4, 0.5) is 29.7 Å². The molecule has 88 heavy (non-hydrogen) atoms. The summed E-state index contributed by atoms with van der Waals surface area (Å²) in [5, 5.41) is 23.6. The predicted octanol–water partition coefficient (Wildman–Crippen LogP) is 15.0. The first kappa shape index (κ1) is 73.9. The number of nitrogens with one attached hydrogen (secondary N) is 6. The molecule has 4 fully saturated rings. The summed E-state index contributed by atoms with van der Waals surface area (Å²) in [5.74, 6) is 4.52. The summed E-state index contributed by atoms with van der Waals surface area (Å²) in [4.78, 5) is 42.7. The molecule has 0 spiro atoms. The fourth-order valence-corrected chi connectivity index (χ4v) is 18.1. The van der Waals surface area contributed by atoms with E-state index in [0.717, 1.165) is 133 Å². The van der Waals surface area contributed by atoms with Crippen molar-refractivity contribution in [3.05, 3.63) is 5.82 Å². The summed E-state index contributed by atoms with van der Waals surface area (Å²) in [6, 6.07) is 1.36. The van der Waals surface area contributed by atoms with Gasteiger partial charge in [0.15, 0.2) is 0 Å². The summed E-state index contributed by atoms with van der Waals surface area (Å²) >= 11 is 0. The Hall–Kier alpha value is -3.18. The van der Waals surface area contributed by atoms with Crippen molar-refractivity contribution in [1.29, 1.82) is 0 Å². The number of unbranched alkanes of at least 4 members (excludes halogenated alkanes) is 6. The number of hydrogen-bond acceptors (Lipinski definition) is 16. The fraction of sp³-hybridized carbons (Fsp3) is 0.917. The summed E-state index contributed by atoms with van der Waals surface area (Å²) < 4.78 is 0. The van der Waals surface area contributed by atoms with Crippen LogP contribution >= 0.6 is 0 Å². The van der Waals surface area contributed by atoms with E-state index in [4.69, 9.17) is 29.9 Å². The average Bonchev–Trinajstić information content (AvgIpc) is 1.39. The molecule has 4 saturated heterocycles. The van der Waals surface area contributed by atoms with E-state index in [1.54, 1.807) is 0 Å². The first-order valence-electron chi connectivity index (χ1n) is 35.1. The molecule has 0 atom stereocenters. The van der Waals surface area contributed by atoms with Crippen molar-refractivity contribution in [3.63, 3.8) is 0 Å². The molecule has 6 N–H and O–H groups in total. The minimum absolute atomic E-state index is 0.0337. The third-order valence-corrected chi connectivity index (χ3v) is 18.8. The van der Waals surface area contributed by atoms with Crippen molar-refractivity contribution in [2.24, 2.45) is 10.8 Å². The van der Waals surface area contributed by atoms with E-state index in [1.807, 2.05) is 6.92 Å². The van der Waals surface area contributed by atoms with Gasteiger partial charge in [0.25, 0.3) is 0 Å². The Bertz CT molecular complexity index is 2480. The van der Waals surface area contributed by atoms with Crippen LogP contribution in [0.25, 0.3) is 0 Å². The van der Waals surface area contributed by atoms with Crippen LogP contribution in [0.15, 0.2) is 0 Å². The Morgan fingerprint density at radius 1 is 0.352 bits per heavy atom. The van der Waals surface area contributed by atoms with Crippen LogP contribution in [0.1, 0.15) is 301 Å². The second-order valence-corrected chi connectivity index (χ2v) is 38.0. The van der Waals surface area contributed by atoms with Crippen molar-refractivity contribution in [1.82, 2.24) is 56.1 Å². The minimum atomic E-state index is -0.261. The molecule has 16 nitrogen and oxygen atoms in total. The Morgan fingerprint density at radius 3 is 0.886 bits per heavy atom. The molecule has 0 unspecified atom stereocenters. The lowest BCUT2D eigenvalue weighted by Gasteiger charge is -2.50. The van der Waals surface area contributed by atoms with E-state index in [2.05, 4.69) is 239 Å². The number of hydrogen-bond donors (Lipinski definition) is 6. The third kappa shape index (κ3) is 23.7. The number of aromatic nitrogens is 6. The molecule has 0 saturated carbocycles. The molecule has 6 heterocycles. The van der Waals surface area contributed by atoms with Crippen molar-refractivity contribution < 1.29 is 0 Å². The van der Waals surface area contributed by atoms with Gasteiger partial charge >= 0.3 is 0 Å². The summed E-state index contributed by atoms with van der Waals surface area (Å²) in [7, 11) is 2.36. The Kier molecular flexibility index (Phi) is 23.0.